The molecular weight excluding hydrogens is 292 g/mol. The average Bonchev–Trinajstić information content (AvgIpc) is 2.49. The fraction of sp³-hybridized carbons (Fsp3) is 0.789. The highest BCUT2D eigenvalue weighted by Gasteiger charge is 2.28. The van der Waals surface area contributed by atoms with Crippen molar-refractivity contribution in [1.82, 2.24) is 0 Å². The van der Waals surface area contributed by atoms with Crippen molar-refractivity contribution in [2.24, 2.45) is 17.8 Å². The SMILES string of the molecule is C/C1=C/CCOC(=O)CC(O)C(C)C(=O)C(C)CC(C)CCC1. The van der Waals surface area contributed by atoms with Crippen LogP contribution in [0, 0.1) is 17.8 Å². The van der Waals surface area contributed by atoms with Crippen LogP contribution in [0.4, 0.5) is 0 Å². The normalized spacial score (nSPS) is 35.3. The predicted molar refractivity (Wildman–Crippen MR) is 90.9 cm³/mol. The molecule has 0 spiro atoms. The minimum absolute atomic E-state index is 0.0420. The van der Waals surface area contributed by atoms with Gasteiger partial charge >= 0.3 is 5.97 Å². The summed E-state index contributed by atoms with van der Waals surface area (Å²) < 4.78 is 5.13. The largest absolute Gasteiger partial charge is 0.465 e. The molecule has 0 radical (unpaired) electrons. The highest BCUT2D eigenvalue weighted by Crippen LogP contribution is 2.24. The molecule has 132 valence electrons. The van der Waals surface area contributed by atoms with Gasteiger partial charge in [0.25, 0.3) is 0 Å². The third-order valence-electron chi connectivity index (χ3n) is 4.79. The molecule has 1 rings (SSSR count). The van der Waals surface area contributed by atoms with Crippen LogP contribution in [0.25, 0.3) is 0 Å². The fourth-order valence-electron chi connectivity index (χ4n) is 3.19. The van der Waals surface area contributed by atoms with E-state index in [0.29, 0.717) is 18.9 Å². The Morgan fingerprint density at radius 1 is 1.22 bits per heavy atom. The number of Topliss-reactive ketones (excluding diaryl/α,β-unsaturated/α-hetero) is 1. The highest BCUT2D eigenvalue weighted by molar-refractivity contribution is 5.84. The maximum atomic E-state index is 12.4. The molecule has 1 aliphatic heterocycles. The molecule has 0 amide bonds. The van der Waals surface area contributed by atoms with Gasteiger partial charge in [-0.3, -0.25) is 9.59 Å². The highest BCUT2D eigenvalue weighted by atomic mass is 16.5. The molecule has 4 nitrogen and oxygen atoms in total. The van der Waals surface area contributed by atoms with Crippen LogP contribution in [0.1, 0.15) is 66.2 Å². The second-order valence-electron chi connectivity index (χ2n) is 7.16. The Morgan fingerprint density at radius 3 is 2.61 bits per heavy atom. The van der Waals surface area contributed by atoms with Gasteiger partial charge in [0.05, 0.1) is 19.1 Å². The number of aliphatic hydroxyl groups is 1. The topological polar surface area (TPSA) is 63.6 Å². The van der Waals surface area contributed by atoms with E-state index in [0.717, 1.165) is 25.7 Å². The first kappa shape index (κ1) is 19.9. The van der Waals surface area contributed by atoms with Crippen molar-refractivity contribution in [1.29, 1.82) is 0 Å². The minimum atomic E-state index is -0.960. The molecule has 0 aromatic rings. The van der Waals surface area contributed by atoms with Crippen LogP contribution >= 0.6 is 0 Å². The van der Waals surface area contributed by atoms with Crippen molar-refractivity contribution < 1.29 is 19.4 Å². The van der Waals surface area contributed by atoms with E-state index < -0.39 is 18.0 Å². The Morgan fingerprint density at radius 2 is 1.91 bits per heavy atom. The van der Waals surface area contributed by atoms with Gasteiger partial charge in [-0.2, -0.15) is 0 Å². The first-order valence-electron chi connectivity index (χ1n) is 8.84. The molecule has 0 aromatic heterocycles. The molecule has 4 atom stereocenters. The van der Waals surface area contributed by atoms with E-state index in [1.54, 1.807) is 6.92 Å². The number of carbonyl (C=O) groups excluding carboxylic acids is 2. The Labute approximate surface area is 140 Å². The van der Waals surface area contributed by atoms with Crippen LogP contribution in [-0.2, 0) is 14.3 Å². The van der Waals surface area contributed by atoms with E-state index in [1.807, 2.05) is 6.92 Å². The summed E-state index contributed by atoms with van der Waals surface area (Å²) in [4.78, 5) is 24.2. The molecular formula is C19H32O4. The summed E-state index contributed by atoms with van der Waals surface area (Å²) in [6.45, 7) is 8.25. The summed E-state index contributed by atoms with van der Waals surface area (Å²) in [7, 11) is 0. The lowest BCUT2D eigenvalue weighted by atomic mass is 9.83. The van der Waals surface area contributed by atoms with E-state index >= 15 is 0 Å². The monoisotopic (exact) mass is 324 g/mol. The fourth-order valence-corrected chi connectivity index (χ4v) is 3.19. The predicted octanol–water partition coefficient (Wildman–Crippen LogP) is 3.67. The third-order valence-corrected chi connectivity index (χ3v) is 4.79. The smallest absolute Gasteiger partial charge is 0.308 e. The second kappa shape index (κ2) is 9.86. The molecule has 1 aliphatic rings. The van der Waals surface area contributed by atoms with E-state index in [2.05, 4.69) is 19.9 Å². The summed E-state index contributed by atoms with van der Waals surface area (Å²) in [6.07, 6.45) is 5.86. The Kier molecular flexibility index (Phi) is 8.53. The molecule has 4 unspecified atom stereocenters. The number of aliphatic hydroxyl groups excluding tert-OH is 1. The van der Waals surface area contributed by atoms with Gasteiger partial charge in [-0.15, -0.1) is 0 Å². The molecule has 0 aliphatic carbocycles. The van der Waals surface area contributed by atoms with Gasteiger partial charge in [0.2, 0.25) is 0 Å². The van der Waals surface area contributed by atoms with Crippen molar-refractivity contribution in [2.75, 3.05) is 6.61 Å². The van der Waals surface area contributed by atoms with Gasteiger partial charge in [-0.1, -0.05) is 38.8 Å². The van der Waals surface area contributed by atoms with Crippen molar-refractivity contribution in [2.45, 2.75) is 72.3 Å². The number of esters is 1. The molecule has 23 heavy (non-hydrogen) atoms. The van der Waals surface area contributed by atoms with Gasteiger partial charge in [-0.05, 0) is 38.5 Å². The zero-order valence-corrected chi connectivity index (χ0v) is 15.0. The lowest BCUT2D eigenvalue weighted by Gasteiger charge is -2.23. The standard InChI is InChI=1S/C19H32O4/c1-13-7-5-8-14(2)11-15(3)19(22)16(4)17(20)12-18(21)23-10-6-9-13/h9,14-17,20H,5-8,10-12H2,1-4H3/b13-9-. The summed E-state index contributed by atoms with van der Waals surface area (Å²) in [6, 6.07) is 0. The number of rotatable bonds is 0. The number of allylic oxidation sites excluding steroid dienone is 1. The number of ketones is 1. The number of cyclic esters (lactones) is 1. The van der Waals surface area contributed by atoms with Gasteiger partial charge < -0.3 is 9.84 Å². The third kappa shape index (κ3) is 7.30. The number of carbonyl (C=O) groups is 2. The zero-order valence-electron chi connectivity index (χ0n) is 15.0. The molecule has 0 aromatic carbocycles. The molecule has 0 fully saturated rings. The molecule has 0 saturated heterocycles. The van der Waals surface area contributed by atoms with Crippen LogP contribution in [0.2, 0.25) is 0 Å². The maximum absolute atomic E-state index is 12.4. The quantitative estimate of drug-likeness (QED) is 0.545. The Balaban J connectivity index is 2.75. The Bertz CT molecular complexity index is 427. The van der Waals surface area contributed by atoms with E-state index in [-0.39, 0.29) is 18.1 Å². The molecule has 4 heteroatoms. The van der Waals surface area contributed by atoms with E-state index in [4.69, 9.17) is 4.74 Å². The second-order valence-corrected chi connectivity index (χ2v) is 7.16. The van der Waals surface area contributed by atoms with Crippen molar-refractivity contribution >= 4 is 11.8 Å². The van der Waals surface area contributed by atoms with Crippen molar-refractivity contribution in [3.8, 4) is 0 Å². The van der Waals surface area contributed by atoms with Crippen LogP contribution in [-0.4, -0.2) is 29.6 Å². The number of hydrogen-bond acceptors (Lipinski definition) is 4. The maximum Gasteiger partial charge on any atom is 0.308 e. The van der Waals surface area contributed by atoms with Crippen LogP contribution in [0.3, 0.4) is 0 Å². The number of ether oxygens (including phenoxy) is 1. The van der Waals surface area contributed by atoms with Gasteiger partial charge in [0, 0.05) is 11.8 Å². The molecule has 1 N–H and O–H groups in total. The molecule has 0 saturated carbocycles. The van der Waals surface area contributed by atoms with E-state index in [1.165, 1.54) is 5.57 Å². The van der Waals surface area contributed by atoms with E-state index in [9.17, 15) is 14.7 Å². The zero-order chi connectivity index (χ0) is 17.4. The molecule has 0 bridgehead atoms. The van der Waals surface area contributed by atoms with Gasteiger partial charge in [0.1, 0.15) is 5.78 Å². The first-order valence-corrected chi connectivity index (χ1v) is 8.84. The summed E-state index contributed by atoms with van der Waals surface area (Å²) in [5.41, 5.74) is 1.32. The number of hydrogen-bond donors (Lipinski definition) is 1. The average molecular weight is 324 g/mol. The lowest BCUT2D eigenvalue weighted by molar-refractivity contribution is -0.147. The van der Waals surface area contributed by atoms with Crippen LogP contribution in [0.5, 0.6) is 0 Å². The van der Waals surface area contributed by atoms with Gasteiger partial charge in [-0.25, -0.2) is 0 Å². The minimum Gasteiger partial charge on any atom is -0.465 e. The van der Waals surface area contributed by atoms with Crippen LogP contribution < -0.4 is 0 Å². The summed E-state index contributed by atoms with van der Waals surface area (Å²) in [5.74, 6) is -0.518. The van der Waals surface area contributed by atoms with Crippen molar-refractivity contribution in [3.63, 3.8) is 0 Å². The first-order chi connectivity index (χ1) is 10.8. The van der Waals surface area contributed by atoms with Crippen LogP contribution in [0.15, 0.2) is 11.6 Å². The molecule has 1 heterocycles. The van der Waals surface area contributed by atoms with Crippen molar-refractivity contribution in [3.05, 3.63) is 11.6 Å². The summed E-state index contributed by atoms with van der Waals surface area (Å²) in [5, 5.41) is 10.1. The summed E-state index contributed by atoms with van der Waals surface area (Å²) >= 11 is 0. The Hall–Kier alpha value is -1.16. The van der Waals surface area contributed by atoms with Gasteiger partial charge in [0.15, 0.2) is 0 Å². The lowest BCUT2D eigenvalue weighted by Crippen LogP contribution is -2.32.